The van der Waals surface area contributed by atoms with Crippen molar-refractivity contribution in [3.05, 3.63) is 64.8 Å². The number of benzene rings is 2. The van der Waals surface area contributed by atoms with Crippen LogP contribution in [0.4, 0.5) is 0 Å². The number of nitrogens with two attached hydrogens (primary N) is 1. The zero-order chi connectivity index (χ0) is 15.5. The highest BCUT2D eigenvalue weighted by atomic mass is 35.5. The molecule has 22 heavy (non-hydrogen) atoms. The first-order chi connectivity index (χ1) is 10.7. The molecule has 0 aliphatic carbocycles. The number of hydrogen-bond acceptors (Lipinski definition) is 2. The second-order valence-corrected chi connectivity index (χ2v) is 5.58. The van der Waals surface area contributed by atoms with Gasteiger partial charge in [0.25, 0.3) is 0 Å². The maximum atomic E-state index is 6.14. The molecule has 0 aliphatic rings. The van der Waals surface area contributed by atoms with E-state index < -0.39 is 0 Å². The maximum absolute atomic E-state index is 6.14. The second kappa shape index (κ2) is 6.42. The van der Waals surface area contributed by atoms with E-state index in [2.05, 4.69) is 29.8 Å². The van der Waals surface area contributed by atoms with Crippen molar-refractivity contribution in [2.75, 3.05) is 0 Å². The van der Waals surface area contributed by atoms with Crippen LogP contribution in [0.2, 0.25) is 5.02 Å². The molecule has 0 fully saturated rings. The van der Waals surface area contributed by atoms with Crippen LogP contribution >= 0.6 is 11.6 Å². The van der Waals surface area contributed by atoms with Crippen molar-refractivity contribution < 1.29 is 4.74 Å². The third kappa shape index (κ3) is 2.70. The van der Waals surface area contributed by atoms with Gasteiger partial charge < -0.3 is 15.0 Å². The van der Waals surface area contributed by atoms with Crippen LogP contribution in [-0.4, -0.2) is 4.57 Å². The van der Waals surface area contributed by atoms with E-state index in [4.69, 9.17) is 22.1 Å². The van der Waals surface area contributed by atoms with Gasteiger partial charge in [-0.25, -0.2) is 0 Å². The van der Waals surface area contributed by atoms with Gasteiger partial charge in [-0.1, -0.05) is 41.9 Å². The van der Waals surface area contributed by atoms with Crippen LogP contribution in [0.5, 0.6) is 5.75 Å². The summed E-state index contributed by atoms with van der Waals surface area (Å²) >= 11 is 6.14. The Bertz CT molecular complexity index is 795. The molecule has 0 amide bonds. The van der Waals surface area contributed by atoms with E-state index in [1.165, 1.54) is 10.9 Å². The quantitative estimate of drug-likeness (QED) is 0.760. The summed E-state index contributed by atoms with van der Waals surface area (Å²) in [6, 6.07) is 13.8. The number of nitrogens with zero attached hydrogens (tertiary/aromatic N) is 1. The van der Waals surface area contributed by atoms with Crippen LogP contribution in [-0.2, 0) is 19.7 Å². The van der Waals surface area contributed by atoms with Crippen molar-refractivity contribution in [1.82, 2.24) is 4.57 Å². The Balaban J connectivity index is 1.96. The summed E-state index contributed by atoms with van der Waals surface area (Å²) in [7, 11) is 0. The van der Waals surface area contributed by atoms with E-state index in [-0.39, 0.29) is 0 Å². The summed E-state index contributed by atoms with van der Waals surface area (Å²) in [5, 5.41) is 1.82. The van der Waals surface area contributed by atoms with E-state index in [0.717, 1.165) is 17.7 Å². The molecule has 3 nitrogen and oxygen atoms in total. The highest BCUT2D eigenvalue weighted by Gasteiger charge is 2.11. The van der Waals surface area contributed by atoms with Gasteiger partial charge >= 0.3 is 0 Å². The molecule has 1 heterocycles. The number of halogens is 1. The lowest BCUT2D eigenvalue weighted by molar-refractivity contribution is 0.307. The first-order valence-electron chi connectivity index (χ1n) is 7.41. The van der Waals surface area contributed by atoms with Gasteiger partial charge in [0.05, 0.1) is 10.5 Å². The van der Waals surface area contributed by atoms with Crippen LogP contribution < -0.4 is 10.5 Å². The molecule has 3 aromatic rings. The number of para-hydroxylation sites is 2. The fourth-order valence-electron chi connectivity index (χ4n) is 2.76. The summed E-state index contributed by atoms with van der Waals surface area (Å²) in [6.07, 6.45) is 2.14. The van der Waals surface area contributed by atoms with E-state index in [0.29, 0.717) is 23.9 Å². The van der Waals surface area contributed by atoms with Gasteiger partial charge in [-0.15, -0.1) is 0 Å². The third-order valence-electron chi connectivity index (χ3n) is 3.84. The van der Waals surface area contributed by atoms with Gasteiger partial charge in [-0.2, -0.15) is 0 Å². The molecule has 4 heteroatoms. The second-order valence-electron chi connectivity index (χ2n) is 5.18. The minimum atomic E-state index is 0.487. The molecule has 0 radical (unpaired) electrons. The minimum absolute atomic E-state index is 0.487. The number of aryl methyl sites for hydroxylation is 1. The monoisotopic (exact) mass is 314 g/mol. The summed E-state index contributed by atoms with van der Waals surface area (Å²) in [4.78, 5) is 0. The molecule has 0 aliphatic heterocycles. The zero-order valence-corrected chi connectivity index (χ0v) is 13.3. The molecule has 0 unspecified atom stereocenters. The van der Waals surface area contributed by atoms with Crippen molar-refractivity contribution >= 4 is 22.5 Å². The smallest absolute Gasteiger partial charge is 0.138 e. The Morgan fingerprint density at radius 3 is 2.64 bits per heavy atom. The topological polar surface area (TPSA) is 40.2 Å². The third-order valence-corrected chi connectivity index (χ3v) is 4.16. The number of hydrogen-bond donors (Lipinski definition) is 1. The zero-order valence-electron chi connectivity index (χ0n) is 12.6. The molecule has 0 atom stereocenters. The van der Waals surface area contributed by atoms with Crippen molar-refractivity contribution in [2.45, 2.75) is 26.6 Å². The lowest BCUT2D eigenvalue weighted by Crippen LogP contribution is -2.00. The molecular weight excluding hydrogens is 296 g/mol. The van der Waals surface area contributed by atoms with Gasteiger partial charge in [-0.3, -0.25) is 0 Å². The Morgan fingerprint density at radius 1 is 1.09 bits per heavy atom. The summed E-state index contributed by atoms with van der Waals surface area (Å²) in [5.41, 5.74) is 9.37. The number of aromatic nitrogens is 1. The summed E-state index contributed by atoms with van der Waals surface area (Å²) < 4.78 is 8.11. The van der Waals surface area contributed by atoms with E-state index in [1.54, 1.807) is 0 Å². The lowest BCUT2D eigenvalue weighted by atomic mass is 10.1. The summed E-state index contributed by atoms with van der Waals surface area (Å²) in [6.45, 7) is 4.05. The highest BCUT2D eigenvalue weighted by Crippen LogP contribution is 2.28. The lowest BCUT2D eigenvalue weighted by Gasteiger charge is -2.07. The average Bonchev–Trinajstić information content (AvgIpc) is 2.92. The highest BCUT2D eigenvalue weighted by molar-refractivity contribution is 6.32. The fraction of sp³-hybridized carbons (Fsp3) is 0.222. The van der Waals surface area contributed by atoms with Gasteiger partial charge in [-0.05, 0) is 24.6 Å². The van der Waals surface area contributed by atoms with Crippen molar-refractivity contribution in [2.24, 2.45) is 5.73 Å². The number of fused-ring (bicyclic) bond motifs is 1. The van der Waals surface area contributed by atoms with Gasteiger partial charge in [0, 0.05) is 30.2 Å². The Morgan fingerprint density at radius 2 is 1.91 bits per heavy atom. The number of rotatable bonds is 5. The maximum Gasteiger partial charge on any atom is 0.138 e. The molecule has 114 valence electrons. The normalized spacial score (nSPS) is 11.0. The molecule has 2 N–H and O–H groups in total. The van der Waals surface area contributed by atoms with Gasteiger partial charge in [0.2, 0.25) is 0 Å². The average molecular weight is 315 g/mol. The first kappa shape index (κ1) is 14.9. The Labute approximate surface area is 135 Å². The van der Waals surface area contributed by atoms with E-state index in [1.807, 2.05) is 30.3 Å². The van der Waals surface area contributed by atoms with Crippen molar-refractivity contribution in [1.29, 1.82) is 0 Å². The molecule has 0 spiro atoms. The molecule has 1 aromatic heterocycles. The molecular formula is C18H19ClN2O. The summed E-state index contributed by atoms with van der Waals surface area (Å²) in [5.74, 6) is 0.705. The van der Waals surface area contributed by atoms with Gasteiger partial charge in [0.1, 0.15) is 12.4 Å². The van der Waals surface area contributed by atoms with Crippen LogP contribution in [0.3, 0.4) is 0 Å². The predicted octanol–water partition coefficient (Wildman–Crippen LogP) is 4.35. The van der Waals surface area contributed by atoms with Crippen LogP contribution in [0, 0.1) is 0 Å². The minimum Gasteiger partial charge on any atom is -0.487 e. The molecule has 2 aromatic carbocycles. The predicted molar refractivity (Wildman–Crippen MR) is 91.3 cm³/mol. The Kier molecular flexibility index (Phi) is 4.36. The largest absolute Gasteiger partial charge is 0.487 e. The fourth-order valence-corrected chi connectivity index (χ4v) is 2.95. The van der Waals surface area contributed by atoms with Crippen LogP contribution in [0.25, 0.3) is 10.9 Å². The SMILES string of the molecule is CCn1cc(COc2ccccc2Cl)c2cccc(CN)c21. The number of ether oxygens (including phenoxy) is 1. The molecule has 0 saturated heterocycles. The molecule has 0 saturated carbocycles. The van der Waals surface area contributed by atoms with Crippen LogP contribution in [0.1, 0.15) is 18.1 Å². The Hall–Kier alpha value is -1.97. The molecule has 3 rings (SSSR count). The van der Waals surface area contributed by atoms with Crippen molar-refractivity contribution in [3.8, 4) is 5.75 Å². The standard InChI is InChI=1S/C18H19ClN2O/c1-2-21-11-14(12-22-17-9-4-3-8-16(17)19)15-7-5-6-13(10-20)18(15)21/h3-9,11H,2,10,12,20H2,1H3. The van der Waals surface area contributed by atoms with Gasteiger partial charge in [0.15, 0.2) is 0 Å². The van der Waals surface area contributed by atoms with E-state index >= 15 is 0 Å². The van der Waals surface area contributed by atoms with Crippen LogP contribution in [0.15, 0.2) is 48.7 Å². The molecule has 0 bridgehead atoms. The van der Waals surface area contributed by atoms with Crippen molar-refractivity contribution in [3.63, 3.8) is 0 Å². The van der Waals surface area contributed by atoms with E-state index in [9.17, 15) is 0 Å². The first-order valence-corrected chi connectivity index (χ1v) is 7.79.